The van der Waals surface area contributed by atoms with E-state index in [0.29, 0.717) is 17.9 Å². The summed E-state index contributed by atoms with van der Waals surface area (Å²) in [5.41, 5.74) is 1.66. The average Bonchev–Trinajstić information content (AvgIpc) is 3.15. The van der Waals surface area contributed by atoms with Gasteiger partial charge in [0.25, 0.3) is 0 Å². The van der Waals surface area contributed by atoms with Crippen LogP contribution in [0.3, 0.4) is 0 Å². The lowest BCUT2D eigenvalue weighted by Gasteiger charge is -2.20. The number of fused-ring (bicyclic) bond motifs is 1. The van der Waals surface area contributed by atoms with Gasteiger partial charge in [0, 0.05) is 6.42 Å². The number of rotatable bonds is 6. The second-order valence-electron chi connectivity index (χ2n) is 6.07. The average molecular weight is 371 g/mol. The molecule has 7 nitrogen and oxygen atoms in total. The SMILES string of the molecule is COC(=O)N[C@@H](Cc1ccccc1)C(=O)O[C@H](C)c1ccc2c(c1)OCO2. The zero-order chi connectivity index (χ0) is 19.2. The first-order valence-corrected chi connectivity index (χ1v) is 8.55. The topological polar surface area (TPSA) is 83.1 Å². The van der Waals surface area contributed by atoms with Gasteiger partial charge in [-0.3, -0.25) is 0 Å². The van der Waals surface area contributed by atoms with Gasteiger partial charge in [-0.25, -0.2) is 9.59 Å². The highest BCUT2D eigenvalue weighted by Gasteiger charge is 2.26. The van der Waals surface area contributed by atoms with Crippen LogP contribution in [-0.4, -0.2) is 32.0 Å². The molecule has 7 heteroatoms. The molecule has 1 heterocycles. The van der Waals surface area contributed by atoms with Gasteiger partial charge in [0.2, 0.25) is 6.79 Å². The third-order valence-electron chi connectivity index (χ3n) is 4.20. The number of benzene rings is 2. The quantitative estimate of drug-likeness (QED) is 0.786. The molecule has 0 saturated heterocycles. The maximum atomic E-state index is 12.7. The van der Waals surface area contributed by atoms with E-state index in [1.807, 2.05) is 36.4 Å². The van der Waals surface area contributed by atoms with Crippen LogP contribution in [0.5, 0.6) is 11.5 Å². The molecule has 2 atom stereocenters. The van der Waals surface area contributed by atoms with Crippen LogP contribution in [0.1, 0.15) is 24.2 Å². The fourth-order valence-corrected chi connectivity index (χ4v) is 2.73. The first-order chi connectivity index (χ1) is 13.1. The van der Waals surface area contributed by atoms with Gasteiger partial charge in [-0.15, -0.1) is 0 Å². The van der Waals surface area contributed by atoms with E-state index in [9.17, 15) is 9.59 Å². The molecule has 1 N–H and O–H groups in total. The predicted molar refractivity (Wildman–Crippen MR) is 96.5 cm³/mol. The number of alkyl carbamates (subject to hydrolysis) is 1. The van der Waals surface area contributed by atoms with Crippen molar-refractivity contribution in [3.05, 3.63) is 59.7 Å². The monoisotopic (exact) mass is 371 g/mol. The van der Waals surface area contributed by atoms with Gasteiger partial charge in [-0.2, -0.15) is 0 Å². The number of methoxy groups -OCH3 is 1. The van der Waals surface area contributed by atoms with Crippen molar-refractivity contribution in [2.75, 3.05) is 13.9 Å². The van der Waals surface area contributed by atoms with Crippen LogP contribution in [0.15, 0.2) is 48.5 Å². The van der Waals surface area contributed by atoms with Crippen molar-refractivity contribution in [3.8, 4) is 11.5 Å². The number of amides is 1. The highest BCUT2D eigenvalue weighted by atomic mass is 16.7. The van der Waals surface area contributed by atoms with Gasteiger partial charge in [-0.1, -0.05) is 36.4 Å². The van der Waals surface area contributed by atoms with E-state index >= 15 is 0 Å². The van der Waals surface area contributed by atoms with Crippen molar-refractivity contribution in [1.29, 1.82) is 0 Å². The highest BCUT2D eigenvalue weighted by Crippen LogP contribution is 2.34. The van der Waals surface area contributed by atoms with Gasteiger partial charge < -0.3 is 24.3 Å². The lowest BCUT2D eigenvalue weighted by atomic mass is 10.1. The first kappa shape index (κ1) is 18.6. The van der Waals surface area contributed by atoms with Crippen LogP contribution in [0.2, 0.25) is 0 Å². The summed E-state index contributed by atoms with van der Waals surface area (Å²) in [4.78, 5) is 24.3. The van der Waals surface area contributed by atoms with Crippen molar-refractivity contribution in [1.82, 2.24) is 5.32 Å². The molecule has 0 unspecified atom stereocenters. The summed E-state index contributed by atoms with van der Waals surface area (Å²) in [6.07, 6.45) is -0.920. The van der Waals surface area contributed by atoms with Gasteiger partial charge in [0.15, 0.2) is 11.5 Å². The molecule has 0 spiro atoms. The molecular formula is C20H21NO6. The molecule has 0 radical (unpaired) electrons. The normalized spacial score (nSPS) is 14.1. The van der Waals surface area contributed by atoms with Crippen LogP contribution in [0.25, 0.3) is 0 Å². The largest absolute Gasteiger partial charge is 0.456 e. The minimum atomic E-state index is -0.865. The minimum Gasteiger partial charge on any atom is -0.456 e. The van der Waals surface area contributed by atoms with Crippen molar-refractivity contribution < 1.29 is 28.5 Å². The summed E-state index contributed by atoms with van der Waals surface area (Å²) >= 11 is 0. The molecule has 0 bridgehead atoms. The minimum absolute atomic E-state index is 0.176. The van der Waals surface area contributed by atoms with E-state index in [-0.39, 0.29) is 6.79 Å². The Balaban J connectivity index is 1.69. The van der Waals surface area contributed by atoms with Gasteiger partial charge >= 0.3 is 12.1 Å². The van der Waals surface area contributed by atoms with Crippen molar-refractivity contribution >= 4 is 12.1 Å². The number of nitrogens with one attached hydrogen (secondary N) is 1. The zero-order valence-corrected chi connectivity index (χ0v) is 15.1. The second-order valence-corrected chi connectivity index (χ2v) is 6.07. The standard InChI is InChI=1S/C20H21NO6/c1-13(15-8-9-17-18(11-15)26-12-25-17)27-19(22)16(21-20(23)24-2)10-14-6-4-3-5-7-14/h3-9,11,13,16H,10,12H2,1-2H3,(H,21,23)/t13-,16+/m1/s1. The molecule has 0 saturated carbocycles. The number of hydrogen-bond donors (Lipinski definition) is 1. The molecule has 2 aromatic carbocycles. The predicted octanol–water partition coefficient (Wildman–Crippen LogP) is 2.99. The van der Waals surface area contributed by atoms with Crippen LogP contribution >= 0.6 is 0 Å². The van der Waals surface area contributed by atoms with Crippen molar-refractivity contribution in [2.24, 2.45) is 0 Å². The Labute approximate surface area is 157 Å². The molecule has 1 amide bonds. The third kappa shape index (κ3) is 4.69. The molecule has 1 aliphatic rings. The van der Waals surface area contributed by atoms with Crippen LogP contribution < -0.4 is 14.8 Å². The Bertz CT molecular complexity index is 807. The molecule has 0 fully saturated rings. The highest BCUT2D eigenvalue weighted by molar-refractivity contribution is 5.81. The Morgan fingerprint density at radius 1 is 1.11 bits per heavy atom. The number of esters is 1. The van der Waals surface area contributed by atoms with Crippen LogP contribution in [0, 0.1) is 0 Å². The Morgan fingerprint density at radius 3 is 2.59 bits per heavy atom. The molecule has 0 aliphatic carbocycles. The van der Waals surface area contributed by atoms with Crippen molar-refractivity contribution in [3.63, 3.8) is 0 Å². The number of hydrogen-bond acceptors (Lipinski definition) is 6. The summed E-state index contributed by atoms with van der Waals surface area (Å²) in [5.74, 6) is 0.727. The van der Waals surface area contributed by atoms with Crippen LogP contribution in [0.4, 0.5) is 4.79 Å². The van der Waals surface area contributed by atoms with Crippen molar-refractivity contribution in [2.45, 2.75) is 25.5 Å². The van der Waals surface area contributed by atoms with E-state index in [2.05, 4.69) is 10.1 Å². The Morgan fingerprint density at radius 2 is 1.85 bits per heavy atom. The lowest BCUT2D eigenvalue weighted by Crippen LogP contribution is -2.43. The maximum absolute atomic E-state index is 12.7. The van der Waals surface area contributed by atoms with Gasteiger partial charge in [0.1, 0.15) is 12.1 Å². The maximum Gasteiger partial charge on any atom is 0.407 e. The fourth-order valence-electron chi connectivity index (χ4n) is 2.73. The molecule has 3 rings (SSSR count). The molecular weight excluding hydrogens is 350 g/mol. The summed E-state index contributed by atoms with van der Waals surface area (Å²) < 4.78 is 20.8. The third-order valence-corrected chi connectivity index (χ3v) is 4.20. The molecule has 2 aromatic rings. The number of ether oxygens (including phenoxy) is 4. The van der Waals surface area contributed by atoms with E-state index in [0.717, 1.165) is 11.1 Å². The van der Waals surface area contributed by atoms with E-state index in [1.165, 1.54) is 7.11 Å². The molecule has 27 heavy (non-hydrogen) atoms. The lowest BCUT2D eigenvalue weighted by molar-refractivity contribution is -0.151. The summed E-state index contributed by atoms with van der Waals surface area (Å²) in [6, 6.07) is 13.9. The van der Waals surface area contributed by atoms with E-state index in [4.69, 9.17) is 14.2 Å². The Hall–Kier alpha value is -3.22. The van der Waals surface area contributed by atoms with Crippen LogP contribution in [-0.2, 0) is 20.7 Å². The molecule has 0 aromatic heterocycles. The molecule has 142 valence electrons. The smallest absolute Gasteiger partial charge is 0.407 e. The second kappa shape index (κ2) is 8.44. The van der Waals surface area contributed by atoms with Gasteiger partial charge in [-0.05, 0) is 30.2 Å². The summed E-state index contributed by atoms with van der Waals surface area (Å²) in [7, 11) is 1.25. The fraction of sp³-hybridized carbons (Fsp3) is 0.300. The van der Waals surface area contributed by atoms with E-state index in [1.54, 1.807) is 19.1 Å². The molecule has 1 aliphatic heterocycles. The zero-order valence-electron chi connectivity index (χ0n) is 15.1. The first-order valence-electron chi connectivity index (χ1n) is 8.55. The number of carbonyl (C=O) groups is 2. The van der Waals surface area contributed by atoms with Gasteiger partial charge in [0.05, 0.1) is 7.11 Å². The summed E-state index contributed by atoms with van der Waals surface area (Å²) in [6.45, 7) is 1.93. The Kier molecular flexibility index (Phi) is 5.80. The number of carbonyl (C=O) groups excluding carboxylic acids is 2. The summed E-state index contributed by atoms with van der Waals surface area (Å²) in [5, 5.41) is 2.53. The van der Waals surface area contributed by atoms with E-state index < -0.39 is 24.2 Å².